The molecule has 1 aromatic heterocycles. The SMILES string of the molecule is CCOC(=O)[C@H](O)COc1ccc(-c2cn(CCCNC(=O)OC(C)(C)C)c(=NC(=O)OC(C)(C)C)n2C)cc1. The van der Waals surface area contributed by atoms with E-state index < -0.39 is 35.5 Å². The number of carbonyl (C=O) groups excluding carboxylic acids is 3. The molecule has 222 valence electrons. The van der Waals surface area contributed by atoms with E-state index in [1.807, 2.05) is 22.9 Å². The molecule has 0 fully saturated rings. The van der Waals surface area contributed by atoms with Crippen LogP contribution in [0.15, 0.2) is 35.5 Å². The number of aryl methyl sites for hydroxylation is 1. The molecule has 0 saturated carbocycles. The molecule has 1 atom stereocenters. The number of benzene rings is 1. The van der Waals surface area contributed by atoms with Crippen molar-refractivity contribution in [1.82, 2.24) is 14.5 Å². The van der Waals surface area contributed by atoms with Crippen LogP contribution in [0.5, 0.6) is 5.75 Å². The summed E-state index contributed by atoms with van der Waals surface area (Å²) in [6.07, 6.45) is -0.184. The second-order valence-electron chi connectivity index (χ2n) is 11.0. The number of nitrogens with one attached hydrogen (secondary N) is 1. The van der Waals surface area contributed by atoms with Crippen LogP contribution in [-0.2, 0) is 32.6 Å². The fourth-order valence-corrected chi connectivity index (χ4v) is 3.49. The van der Waals surface area contributed by atoms with Crippen LogP contribution in [0.1, 0.15) is 54.9 Å². The van der Waals surface area contributed by atoms with Gasteiger partial charge >= 0.3 is 18.2 Å². The van der Waals surface area contributed by atoms with Crippen LogP contribution >= 0.6 is 0 Å². The van der Waals surface area contributed by atoms with Gasteiger partial charge in [0.05, 0.1) is 12.3 Å². The summed E-state index contributed by atoms with van der Waals surface area (Å²) in [6.45, 7) is 13.1. The first-order valence-electron chi connectivity index (χ1n) is 13.2. The number of hydrogen-bond acceptors (Lipinski definition) is 8. The van der Waals surface area contributed by atoms with Gasteiger partial charge in [0, 0.05) is 26.3 Å². The number of carbonyl (C=O) groups is 3. The molecule has 40 heavy (non-hydrogen) atoms. The molecule has 1 heterocycles. The topological polar surface area (TPSA) is 143 Å². The summed E-state index contributed by atoms with van der Waals surface area (Å²) in [7, 11) is 1.79. The lowest BCUT2D eigenvalue weighted by Gasteiger charge is -2.19. The number of ether oxygens (including phenoxy) is 4. The highest BCUT2D eigenvalue weighted by atomic mass is 16.6. The lowest BCUT2D eigenvalue weighted by Crippen LogP contribution is -2.34. The summed E-state index contributed by atoms with van der Waals surface area (Å²) >= 11 is 0. The molecule has 2 N–H and O–H groups in total. The number of imidazole rings is 1. The molecular formula is C28H42N4O8. The van der Waals surface area contributed by atoms with Crippen molar-refractivity contribution in [2.24, 2.45) is 12.0 Å². The summed E-state index contributed by atoms with van der Waals surface area (Å²) in [5.41, 5.74) is 0.661. The van der Waals surface area contributed by atoms with Gasteiger partial charge in [-0.15, -0.1) is 4.99 Å². The Morgan fingerprint density at radius 2 is 1.65 bits per heavy atom. The first kappa shape index (κ1) is 32.4. The molecule has 2 aromatic rings. The molecule has 0 aliphatic heterocycles. The maximum atomic E-state index is 12.5. The van der Waals surface area contributed by atoms with E-state index in [1.165, 1.54) is 0 Å². The van der Waals surface area contributed by atoms with Crippen LogP contribution in [0.3, 0.4) is 0 Å². The van der Waals surface area contributed by atoms with Crippen LogP contribution in [0.4, 0.5) is 9.59 Å². The molecule has 0 aliphatic rings. The van der Waals surface area contributed by atoms with Crippen molar-refractivity contribution in [2.75, 3.05) is 19.8 Å². The Hall–Kier alpha value is -3.80. The Morgan fingerprint density at radius 1 is 1.02 bits per heavy atom. The van der Waals surface area contributed by atoms with Crippen LogP contribution in [0.2, 0.25) is 0 Å². The molecule has 12 nitrogen and oxygen atoms in total. The van der Waals surface area contributed by atoms with Gasteiger partial charge < -0.3 is 38.5 Å². The minimum atomic E-state index is -1.38. The van der Waals surface area contributed by atoms with Crippen molar-refractivity contribution in [3.05, 3.63) is 36.1 Å². The average Bonchev–Trinajstić information content (AvgIpc) is 3.13. The fourth-order valence-electron chi connectivity index (χ4n) is 3.49. The van der Waals surface area contributed by atoms with Gasteiger partial charge in [0.15, 0.2) is 6.10 Å². The number of aliphatic hydroxyl groups excluding tert-OH is 1. The van der Waals surface area contributed by atoms with Gasteiger partial charge in [-0.1, -0.05) is 0 Å². The molecule has 2 rings (SSSR count). The minimum Gasteiger partial charge on any atom is -0.490 e. The van der Waals surface area contributed by atoms with E-state index in [4.69, 9.17) is 18.9 Å². The lowest BCUT2D eigenvalue weighted by atomic mass is 10.1. The largest absolute Gasteiger partial charge is 0.490 e. The highest BCUT2D eigenvalue weighted by Crippen LogP contribution is 2.22. The number of hydrogen-bond donors (Lipinski definition) is 2. The summed E-state index contributed by atoms with van der Waals surface area (Å²) in [4.78, 5) is 40.3. The van der Waals surface area contributed by atoms with Crippen LogP contribution < -0.4 is 15.7 Å². The Bertz CT molecular complexity index is 1220. The molecule has 0 spiro atoms. The van der Waals surface area contributed by atoms with Crippen molar-refractivity contribution >= 4 is 18.2 Å². The van der Waals surface area contributed by atoms with Gasteiger partial charge in [-0.2, -0.15) is 0 Å². The van der Waals surface area contributed by atoms with Gasteiger partial charge in [0.2, 0.25) is 5.62 Å². The van der Waals surface area contributed by atoms with Gasteiger partial charge in [-0.05, 0) is 84.7 Å². The zero-order valence-electron chi connectivity index (χ0n) is 24.6. The van der Waals surface area contributed by atoms with Gasteiger partial charge in [0.25, 0.3) is 0 Å². The number of alkyl carbamates (subject to hydrolysis) is 1. The first-order valence-corrected chi connectivity index (χ1v) is 13.2. The third-order valence-corrected chi connectivity index (χ3v) is 5.14. The highest BCUT2D eigenvalue weighted by Gasteiger charge is 2.19. The third kappa shape index (κ3) is 10.8. The van der Waals surface area contributed by atoms with E-state index in [0.717, 1.165) is 11.3 Å². The van der Waals surface area contributed by atoms with E-state index in [1.54, 1.807) is 72.2 Å². The smallest absolute Gasteiger partial charge is 0.437 e. The molecule has 0 saturated heterocycles. The second-order valence-corrected chi connectivity index (χ2v) is 11.0. The summed E-state index contributed by atoms with van der Waals surface area (Å²) in [5, 5.41) is 12.6. The van der Waals surface area contributed by atoms with Gasteiger partial charge in [0.1, 0.15) is 23.6 Å². The van der Waals surface area contributed by atoms with Crippen molar-refractivity contribution in [2.45, 2.75) is 78.7 Å². The first-order chi connectivity index (χ1) is 18.6. The average molecular weight is 563 g/mol. The molecular weight excluding hydrogens is 520 g/mol. The molecule has 0 aliphatic carbocycles. The highest BCUT2D eigenvalue weighted by molar-refractivity contribution is 5.74. The van der Waals surface area contributed by atoms with Crippen LogP contribution in [0, 0.1) is 0 Å². The van der Waals surface area contributed by atoms with Gasteiger partial charge in [-0.3, -0.25) is 0 Å². The Labute approximate surface area is 234 Å². The van der Waals surface area contributed by atoms with E-state index >= 15 is 0 Å². The maximum absolute atomic E-state index is 12.5. The Kier molecular flexibility index (Phi) is 11.4. The molecule has 2 amide bonds. The Balaban J connectivity index is 2.23. The predicted octanol–water partition coefficient (Wildman–Crippen LogP) is 3.55. The number of esters is 1. The molecule has 12 heteroatoms. The zero-order chi connectivity index (χ0) is 30.1. The summed E-state index contributed by atoms with van der Waals surface area (Å²) in [6, 6.07) is 7.04. The summed E-state index contributed by atoms with van der Waals surface area (Å²) in [5.74, 6) is -0.281. The van der Waals surface area contributed by atoms with Crippen molar-refractivity contribution < 1.29 is 38.4 Å². The third-order valence-electron chi connectivity index (χ3n) is 5.14. The summed E-state index contributed by atoms with van der Waals surface area (Å²) < 4.78 is 24.5. The van der Waals surface area contributed by atoms with E-state index in [2.05, 4.69) is 10.3 Å². The standard InChI is InChI=1S/C28H42N4O8/c1-9-37-23(34)22(33)18-38-20-13-11-19(12-14-20)21-17-32(16-10-15-29-25(35)39-27(2,3)4)24(31(21)8)30-26(36)40-28(5,6)7/h11-14,17,22,33H,9-10,15-16,18H2,1-8H3,(H,29,35)/t22-/m1/s1. The predicted molar refractivity (Wildman–Crippen MR) is 148 cm³/mol. The Morgan fingerprint density at radius 3 is 2.23 bits per heavy atom. The molecule has 1 aromatic carbocycles. The fraction of sp³-hybridized carbons (Fsp3) is 0.571. The quantitative estimate of drug-likeness (QED) is 0.254. The number of nitrogens with zero attached hydrogens (tertiary/aromatic N) is 3. The lowest BCUT2D eigenvalue weighted by molar-refractivity contribution is -0.154. The zero-order valence-corrected chi connectivity index (χ0v) is 24.6. The van der Waals surface area contributed by atoms with E-state index in [-0.39, 0.29) is 13.2 Å². The van der Waals surface area contributed by atoms with E-state index in [9.17, 15) is 19.5 Å². The molecule has 0 radical (unpaired) electrons. The minimum absolute atomic E-state index is 0.170. The molecule has 0 unspecified atom stereocenters. The van der Waals surface area contributed by atoms with Crippen LogP contribution in [-0.4, -0.2) is 69.5 Å². The normalized spacial score (nSPS) is 13.0. The monoisotopic (exact) mass is 562 g/mol. The van der Waals surface area contributed by atoms with Crippen LogP contribution in [0.25, 0.3) is 11.3 Å². The van der Waals surface area contributed by atoms with Crippen molar-refractivity contribution in [1.29, 1.82) is 0 Å². The van der Waals surface area contributed by atoms with Gasteiger partial charge in [-0.25, -0.2) is 14.4 Å². The number of amides is 2. The number of rotatable bonds is 10. The van der Waals surface area contributed by atoms with Crippen molar-refractivity contribution in [3.8, 4) is 17.0 Å². The van der Waals surface area contributed by atoms with E-state index in [0.29, 0.717) is 30.9 Å². The second kappa shape index (κ2) is 14.0. The van der Waals surface area contributed by atoms with Crippen molar-refractivity contribution in [3.63, 3.8) is 0 Å². The maximum Gasteiger partial charge on any atom is 0.437 e. The molecule has 0 bridgehead atoms. The number of aromatic nitrogens is 2. The number of aliphatic hydroxyl groups is 1.